The number of allylic oxidation sites excluding steroid dienone is 4. The van der Waals surface area contributed by atoms with Crippen molar-refractivity contribution in [3.05, 3.63) is 23.9 Å². The summed E-state index contributed by atoms with van der Waals surface area (Å²) in [5.74, 6) is 0. The van der Waals surface area contributed by atoms with Gasteiger partial charge in [-0.25, -0.2) is 4.99 Å². The monoisotopic (exact) mass is 134 g/mol. The van der Waals surface area contributed by atoms with E-state index in [-0.39, 0.29) is 0 Å². The summed E-state index contributed by atoms with van der Waals surface area (Å²) in [4.78, 5) is 3.84. The average Bonchev–Trinajstić information content (AvgIpc) is 1.99. The fourth-order valence-electron chi connectivity index (χ4n) is 0.377. The van der Waals surface area contributed by atoms with Crippen molar-refractivity contribution in [2.24, 2.45) is 4.99 Å². The Labute approximate surface area is 61.2 Å². The van der Waals surface area contributed by atoms with E-state index in [1.807, 2.05) is 19.1 Å². The number of rotatable bonds is 2. The van der Waals surface area contributed by atoms with Gasteiger partial charge in [0.05, 0.1) is 0 Å². The summed E-state index contributed by atoms with van der Waals surface area (Å²) in [6.45, 7) is 3.68. The maximum Gasteiger partial charge on any atom is 0.136 e. The SMILES string of the molecule is C\C=C/C=N\C(C#N)=C/C. The summed E-state index contributed by atoms with van der Waals surface area (Å²) in [6.07, 6.45) is 6.90. The number of nitrogens with zero attached hydrogens (tertiary/aromatic N) is 2. The van der Waals surface area contributed by atoms with E-state index in [0.717, 1.165) is 0 Å². The van der Waals surface area contributed by atoms with Crippen molar-refractivity contribution in [2.45, 2.75) is 13.8 Å². The summed E-state index contributed by atoms with van der Waals surface area (Å²) < 4.78 is 0. The number of aliphatic imine (C=N–C) groups is 1. The van der Waals surface area contributed by atoms with Crippen LogP contribution in [0.4, 0.5) is 0 Å². The van der Waals surface area contributed by atoms with Crippen molar-refractivity contribution in [3.63, 3.8) is 0 Å². The van der Waals surface area contributed by atoms with Gasteiger partial charge in [0.15, 0.2) is 0 Å². The standard InChI is InChI=1S/C8H10N2/c1-3-5-6-10-8(4-2)7-9/h3-6H,1-2H3/b5-3-,8-4-,10-6-. The lowest BCUT2D eigenvalue weighted by Crippen LogP contribution is -1.70. The lowest BCUT2D eigenvalue weighted by molar-refractivity contribution is 1.37. The van der Waals surface area contributed by atoms with Crippen LogP contribution in [0.5, 0.6) is 0 Å². The van der Waals surface area contributed by atoms with Crippen LogP contribution < -0.4 is 0 Å². The van der Waals surface area contributed by atoms with Gasteiger partial charge in [-0.05, 0) is 19.9 Å². The van der Waals surface area contributed by atoms with E-state index in [1.54, 1.807) is 25.3 Å². The molecule has 0 amide bonds. The van der Waals surface area contributed by atoms with Crippen LogP contribution in [0, 0.1) is 11.3 Å². The molecule has 52 valence electrons. The molecule has 0 saturated carbocycles. The predicted molar refractivity (Wildman–Crippen MR) is 42.7 cm³/mol. The number of hydrogen-bond donors (Lipinski definition) is 0. The van der Waals surface area contributed by atoms with E-state index in [0.29, 0.717) is 5.70 Å². The van der Waals surface area contributed by atoms with E-state index >= 15 is 0 Å². The van der Waals surface area contributed by atoms with Crippen LogP contribution in [-0.2, 0) is 0 Å². The number of nitriles is 1. The van der Waals surface area contributed by atoms with Gasteiger partial charge in [0.2, 0.25) is 0 Å². The molecule has 0 spiro atoms. The molecular weight excluding hydrogens is 124 g/mol. The van der Waals surface area contributed by atoms with Crippen LogP contribution in [0.2, 0.25) is 0 Å². The van der Waals surface area contributed by atoms with Crippen molar-refractivity contribution in [1.29, 1.82) is 5.26 Å². The Kier molecular flexibility index (Phi) is 4.99. The topological polar surface area (TPSA) is 36.1 Å². The zero-order chi connectivity index (χ0) is 7.82. The first-order valence-corrected chi connectivity index (χ1v) is 3.07. The highest BCUT2D eigenvalue weighted by molar-refractivity contribution is 5.72. The molecule has 0 radical (unpaired) electrons. The van der Waals surface area contributed by atoms with Gasteiger partial charge in [-0.1, -0.05) is 12.2 Å². The van der Waals surface area contributed by atoms with Crippen LogP contribution in [0.3, 0.4) is 0 Å². The highest BCUT2D eigenvalue weighted by atomic mass is 14.7. The van der Waals surface area contributed by atoms with Gasteiger partial charge in [-0.2, -0.15) is 5.26 Å². The van der Waals surface area contributed by atoms with Gasteiger partial charge in [-0.3, -0.25) is 0 Å². The molecule has 0 unspecified atom stereocenters. The van der Waals surface area contributed by atoms with Gasteiger partial charge >= 0.3 is 0 Å². The van der Waals surface area contributed by atoms with Gasteiger partial charge in [-0.15, -0.1) is 0 Å². The van der Waals surface area contributed by atoms with Gasteiger partial charge in [0.1, 0.15) is 11.8 Å². The second kappa shape index (κ2) is 5.77. The van der Waals surface area contributed by atoms with Crippen LogP contribution in [0.1, 0.15) is 13.8 Å². The Morgan fingerprint density at radius 3 is 2.60 bits per heavy atom. The van der Waals surface area contributed by atoms with E-state index in [9.17, 15) is 0 Å². The van der Waals surface area contributed by atoms with Crippen molar-refractivity contribution in [1.82, 2.24) is 0 Å². The lowest BCUT2D eigenvalue weighted by Gasteiger charge is -1.80. The van der Waals surface area contributed by atoms with Crippen LogP contribution in [0.25, 0.3) is 0 Å². The van der Waals surface area contributed by atoms with Crippen molar-refractivity contribution < 1.29 is 0 Å². The summed E-state index contributed by atoms with van der Waals surface area (Å²) in [7, 11) is 0. The van der Waals surface area contributed by atoms with Crippen LogP contribution in [-0.4, -0.2) is 6.21 Å². The molecule has 0 aromatic carbocycles. The molecule has 2 heteroatoms. The molecule has 0 aromatic rings. The zero-order valence-electron chi connectivity index (χ0n) is 6.20. The molecular formula is C8H10N2. The molecule has 0 atom stereocenters. The molecule has 0 aliphatic rings. The Bertz CT molecular complexity index is 204. The van der Waals surface area contributed by atoms with Gasteiger partial charge in [0.25, 0.3) is 0 Å². The second-order valence-electron chi connectivity index (χ2n) is 1.59. The minimum absolute atomic E-state index is 0.443. The lowest BCUT2D eigenvalue weighted by atomic mass is 10.4. The molecule has 2 nitrogen and oxygen atoms in total. The first kappa shape index (κ1) is 8.64. The zero-order valence-corrected chi connectivity index (χ0v) is 6.20. The second-order valence-corrected chi connectivity index (χ2v) is 1.59. The maximum absolute atomic E-state index is 8.37. The third-order valence-electron chi connectivity index (χ3n) is 0.880. The van der Waals surface area contributed by atoms with E-state index in [1.165, 1.54) is 0 Å². The first-order valence-electron chi connectivity index (χ1n) is 3.07. The average molecular weight is 134 g/mol. The highest BCUT2D eigenvalue weighted by Gasteiger charge is 1.81. The highest BCUT2D eigenvalue weighted by Crippen LogP contribution is 1.90. The number of hydrogen-bond acceptors (Lipinski definition) is 2. The fourth-order valence-corrected chi connectivity index (χ4v) is 0.377. The Morgan fingerprint density at radius 1 is 1.50 bits per heavy atom. The third kappa shape index (κ3) is 3.62. The fraction of sp³-hybridized carbons (Fsp3) is 0.250. The predicted octanol–water partition coefficient (Wildman–Crippen LogP) is 2.06. The molecule has 0 fully saturated rings. The molecule has 0 saturated heterocycles. The molecule has 0 heterocycles. The Balaban J connectivity index is 4.02. The maximum atomic E-state index is 8.37. The van der Waals surface area contributed by atoms with Crippen LogP contribution in [0.15, 0.2) is 28.9 Å². The molecule has 0 aromatic heterocycles. The van der Waals surface area contributed by atoms with Crippen molar-refractivity contribution >= 4 is 6.21 Å². The van der Waals surface area contributed by atoms with Gasteiger partial charge in [0, 0.05) is 6.21 Å². The molecule has 10 heavy (non-hydrogen) atoms. The minimum atomic E-state index is 0.443. The van der Waals surface area contributed by atoms with Gasteiger partial charge < -0.3 is 0 Å². The Morgan fingerprint density at radius 2 is 2.20 bits per heavy atom. The molecule has 0 aliphatic carbocycles. The summed E-state index contributed by atoms with van der Waals surface area (Å²) in [6, 6.07) is 1.94. The molecule has 0 aliphatic heterocycles. The summed E-state index contributed by atoms with van der Waals surface area (Å²) >= 11 is 0. The van der Waals surface area contributed by atoms with Crippen molar-refractivity contribution in [2.75, 3.05) is 0 Å². The van der Waals surface area contributed by atoms with E-state index < -0.39 is 0 Å². The molecule has 0 bridgehead atoms. The summed E-state index contributed by atoms with van der Waals surface area (Å²) in [5.41, 5.74) is 0.443. The van der Waals surface area contributed by atoms with E-state index in [2.05, 4.69) is 4.99 Å². The van der Waals surface area contributed by atoms with Crippen molar-refractivity contribution in [3.8, 4) is 6.07 Å². The normalized spacial score (nSPS) is 12.7. The quantitative estimate of drug-likeness (QED) is 0.420. The van der Waals surface area contributed by atoms with E-state index in [4.69, 9.17) is 5.26 Å². The summed E-state index contributed by atoms with van der Waals surface area (Å²) in [5, 5.41) is 8.37. The smallest absolute Gasteiger partial charge is 0.136 e. The molecule has 0 N–H and O–H groups in total. The molecule has 0 rings (SSSR count). The third-order valence-corrected chi connectivity index (χ3v) is 0.880. The Hall–Kier alpha value is -1.36. The minimum Gasteiger partial charge on any atom is -0.246 e. The largest absolute Gasteiger partial charge is 0.246 e. The van der Waals surface area contributed by atoms with Crippen LogP contribution >= 0.6 is 0 Å². The first-order chi connectivity index (χ1) is 4.85.